The van der Waals surface area contributed by atoms with Crippen LogP contribution in [0.5, 0.6) is 5.75 Å². The molecule has 0 spiro atoms. The van der Waals surface area contributed by atoms with Gasteiger partial charge in [0.05, 0.1) is 6.20 Å². The van der Waals surface area contributed by atoms with Crippen molar-refractivity contribution in [2.75, 3.05) is 13.1 Å². The number of rotatable bonds is 12. The average Bonchev–Trinajstić information content (AvgIpc) is 3.22. The number of hydrogen-bond donors (Lipinski definition) is 0. The average molecular weight is 409 g/mol. The standard InChI is InChI=1S/C24H32N4O2/c1-4-7-15-27(16-8-5-2)22(6-3)30-20-12-10-19(11-13-20)23(29)21-18-26-24-25-14-9-17-28(21)24/h9-14,17-18,22H,4-8,15-16H2,1-3H3. The predicted molar refractivity (Wildman–Crippen MR) is 119 cm³/mol. The van der Waals surface area contributed by atoms with E-state index in [4.69, 9.17) is 4.74 Å². The zero-order valence-electron chi connectivity index (χ0n) is 18.3. The van der Waals surface area contributed by atoms with E-state index >= 15 is 0 Å². The smallest absolute Gasteiger partial charge is 0.234 e. The molecule has 160 valence electrons. The number of nitrogens with zero attached hydrogens (tertiary/aromatic N) is 4. The number of aromatic nitrogens is 3. The van der Waals surface area contributed by atoms with Gasteiger partial charge >= 0.3 is 0 Å². The fourth-order valence-corrected chi connectivity index (χ4v) is 3.52. The molecule has 0 N–H and O–H groups in total. The lowest BCUT2D eigenvalue weighted by molar-refractivity contribution is 0.0202. The van der Waals surface area contributed by atoms with Gasteiger partial charge < -0.3 is 4.74 Å². The zero-order chi connectivity index (χ0) is 21.3. The van der Waals surface area contributed by atoms with E-state index in [9.17, 15) is 4.79 Å². The largest absolute Gasteiger partial charge is 0.475 e. The molecule has 0 radical (unpaired) electrons. The Bertz CT molecular complexity index is 928. The van der Waals surface area contributed by atoms with Gasteiger partial charge in [-0.15, -0.1) is 0 Å². The van der Waals surface area contributed by atoms with Crippen molar-refractivity contribution in [2.24, 2.45) is 0 Å². The first-order valence-electron chi connectivity index (χ1n) is 11.0. The summed E-state index contributed by atoms with van der Waals surface area (Å²) in [7, 11) is 0. The lowest BCUT2D eigenvalue weighted by Crippen LogP contribution is -2.40. The van der Waals surface area contributed by atoms with Crippen molar-refractivity contribution < 1.29 is 9.53 Å². The number of ketones is 1. The maximum absolute atomic E-state index is 12.9. The SMILES string of the molecule is CCCCN(CCCC)C(CC)Oc1ccc(C(=O)c2cnc3ncccn23)cc1. The van der Waals surface area contributed by atoms with Crippen LogP contribution in [0.2, 0.25) is 0 Å². The fourth-order valence-electron chi connectivity index (χ4n) is 3.52. The highest BCUT2D eigenvalue weighted by molar-refractivity contribution is 6.08. The van der Waals surface area contributed by atoms with Gasteiger partial charge in [0.1, 0.15) is 11.4 Å². The van der Waals surface area contributed by atoms with Gasteiger partial charge in [-0.2, -0.15) is 0 Å². The van der Waals surface area contributed by atoms with Crippen LogP contribution in [0.1, 0.15) is 68.9 Å². The summed E-state index contributed by atoms with van der Waals surface area (Å²) < 4.78 is 8.01. The number of hydrogen-bond acceptors (Lipinski definition) is 5. The second-order valence-corrected chi connectivity index (χ2v) is 7.51. The first-order valence-corrected chi connectivity index (χ1v) is 11.0. The summed E-state index contributed by atoms with van der Waals surface area (Å²) in [5.74, 6) is 1.23. The minimum Gasteiger partial charge on any atom is -0.475 e. The molecule has 1 aromatic carbocycles. The molecule has 0 saturated carbocycles. The highest BCUT2D eigenvalue weighted by Crippen LogP contribution is 2.20. The maximum atomic E-state index is 12.9. The summed E-state index contributed by atoms with van der Waals surface area (Å²) in [6.07, 6.45) is 10.7. The van der Waals surface area contributed by atoms with E-state index < -0.39 is 0 Å². The van der Waals surface area contributed by atoms with Crippen molar-refractivity contribution >= 4 is 11.6 Å². The Morgan fingerprint density at radius 1 is 1.07 bits per heavy atom. The summed E-state index contributed by atoms with van der Waals surface area (Å²) in [6, 6.07) is 9.20. The molecule has 2 aromatic heterocycles. The molecule has 1 unspecified atom stereocenters. The number of fused-ring (bicyclic) bond motifs is 1. The van der Waals surface area contributed by atoms with E-state index in [2.05, 4.69) is 35.6 Å². The molecule has 0 saturated heterocycles. The Morgan fingerprint density at radius 2 is 1.77 bits per heavy atom. The first-order chi connectivity index (χ1) is 14.7. The van der Waals surface area contributed by atoms with E-state index in [0.717, 1.165) is 25.3 Å². The van der Waals surface area contributed by atoms with Gasteiger partial charge in [0.2, 0.25) is 11.6 Å². The van der Waals surface area contributed by atoms with E-state index in [1.165, 1.54) is 25.7 Å². The van der Waals surface area contributed by atoms with Gasteiger partial charge in [-0.3, -0.25) is 14.1 Å². The van der Waals surface area contributed by atoms with Crippen molar-refractivity contribution in [3.63, 3.8) is 0 Å². The quantitative estimate of drug-likeness (QED) is 0.312. The highest BCUT2D eigenvalue weighted by Gasteiger charge is 2.19. The third-order valence-corrected chi connectivity index (χ3v) is 5.26. The summed E-state index contributed by atoms with van der Waals surface area (Å²) in [4.78, 5) is 23.7. The second kappa shape index (κ2) is 10.9. The number of unbranched alkanes of at least 4 members (excludes halogenated alkanes) is 2. The Balaban J connectivity index is 1.71. The number of ether oxygens (including phenoxy) is 1. The Morgan fingerprint density at radius 3 is 2.40 bits per heavy atom. The van der Waals surface area contributed by atoms with Crippen molar-refractivity contribution in [1.29, 1.82) is 0 Å². The van der Waals surface area contributed by atoms with Crippen LogP contribution in [-0.2, 0) is 0 Å². The molecular formula is C24H32N4O2. The van der Waals surface area contributed by atoms with Crippen LogP contribution in [0.4, 0.5) is 0 Å². The first kappa shape index (κ1) is 22.0. The summed E-state index contributed by atoms with van der Waals surface area (Å²) in [6.45, 7) is 8.69. The third-order valence-electron chi connectivity index (χ3n) is 5.26. The van der Waals surface area contributed by atoms with Crippen LogP contribution < -0.4 is 4.74 Å². The Labute approximate surface area is 178 Å². The molecule has 1 atom stereocenters. The minimum atomic E-state index is -0.0818. The molecule has 0 fully saturated rings. The van der Waals surface area contributed by atoms with Gasteiger partial charge in [-0.05, 0) is 49.6 Å². The molecule has 30 heavy (non-hydrogen) atoms. The van der Waals surface area contributed by atoms with Gasteiger partial charge in [0.25, 0.3) is 0 Å². The number of carbonyl (C=O) groups excluding carboxylic acids is 1. The molecular weight excluding hydrogens is 376 g/mol. The molecule has 2 heterocycles. The van der Waals surface area contributed by atoms with Crippen LogP contribution in [0.15, 0.2) is 48.9 Å². The van der Waals surface area contributed by atoms with Crippen LogP contribution in [0, 0.1) is 0 Å². The molecule has 0 aliphatic carbocycles. The molecule has 6 heteroatoms. The predicted octanol–water partition coefficient (Wildman–Crippen LogP) is 4.98. The van der Waals surface area contributed by atoms with Gasteiger partial charge in [-0.1, -0.05) is 33.6 Å². The van der Waals surface area contributed by atoms with Crippen molar-refractivity contribution in [3.8, 4) is 5.75 Å². The summed E-state index contributed by atoms with van der Waals surface area (Å²) in [5, 5.41) is 0. The minimum absolute atomic E-state index is 0.0505. The third kappa shape index (κ3) is 5.25. The molecule has 0 aliphatic rings. The number of imidazole rings is 1. The van der Waals surface area contributed by atoms with E-state index in [1.54, 1.807) is 29.1 Å². The topological polar surface area (TPSA) is 59.7 Å². The Hall–Kier alpha value is -2.73. The van der Waals surface area contributed by atoms with Gasteiger partial charge in [0.15, 0.2) is 6.23 Å². The number of benzene rings is 1. The fraction of sp³-hybridized carbons (Fsp3) is 0.458. The van der Waals surface area contributed by atoms with Crippen LogP contribution in [-0.4, -0.2) is 44.4 Å². The van der Waals surface area contributed by atoms with Crippen molar-refractivity contribution in [3.05, 3.63) is 60.2 Å². The van der Waals surface area contributed by atoms with Crippen LogP contribution in [0.3, 0.4) is 0 Å². The molecule has 0 aliphatic heterocycles. The monoisotopic (exact) mass is 408 g/mol. The second-order valence-electron chi connectivity index (χ2n) is 7.51. The molecule has 6 nitrogen and oxygen atoms in total. The highest BCUT2D eigenvalue weighted by atomic mass is 16.5. The molecule has 0 bridgehead atoms. The Kier molecular flexibility index (Phi) is 7.97. The van der Waals surface area contributed by atoms with Crippen molar-refractivity contribution in [1.82, 2.24) is 19.3 Å². The number of carbonyl (C=O) groups is 1. The molecule has 3 rings (SSSR count). The zero-order valence-corrected chi connectivity index (χ0v) is 18.3. The molecule has 3 aromatic rings. The lowest BCUT2D eigenvalue weighted by Gasteiger charge is -2.31. The normalized spacial score (nSPS) is 12.4. The molecule has 0 amide bonds. The van der Waals surface area contributed by atoms with Crippen molar-refractivity contribution in [2.45, 2.75) is 59.1 Å². The van der Waals surface area contributed by atoms with Gasteiger partial charge in [-0.25, -0.2) is 9.97 Å². The maximum Gasteiger partial charge on any atom is 0.234 e. The summed E-state index contributed by atoms with van der Waals surface area (Å²) in [5.41, 5.74) is 1.11. The summed E-state index contributed by atoms with van der Waals surface area (Å²) >= 11 is 0. The van der Waals surface area contributed by atoms with E-state index in [0.29, 0.717) is 17.0 Å². The lowest BCUT2D eigenvalue weighted by atomic mass is 10.1. The van der Waals surface area contributed by atoms with Crippen LogP contribution >= 0.6 is 0 Å². The van der Waals surface area contributed by atoms with Gasteiger partial charge in [0, 0.05) is 31.0 Å². The van der Waals surface area contributed by atoms with E-state index in [-0.39, 0.29) is 12.0 Å². The van der Waals surface area contributed by atoms with Crippen LogP contribution in [0.25, 0.3) is 5.78 Å². The van der Waals surface area contributed by atoms with E-state index in [1.807, 2.05) is 24.3 Å².